The van der Waals surface area contributed by atoms with Crippen LogP contribution in [0.15, 0.2) is 18.2 Å². The van der Waals surface area contributed by atoms with Crippen LogP contribution in [0.2, 0.25) is 0 Å². The van der Waals surface area contributed by atoms with Gasteiger partial charge < -0.3 is 19.9 Å². The van der Waals surface area contributed by atoms with Crippen molar-refractivity contribution in [3.8, 4) is 11.5 Å². The molecule has 2 aliphatic heterocycles. The van der Waals surface area contributed by atoms with Crippen LogP contribution in [0.1, 0.15) is 19.3 Å². The van der Waals surface area contributed by atoms with E-state index in [0.717, 1.165) is 6.42 Å². The van der Waals surface area contributed by atoms with Crippen LogP contribution in [0, 0.1) is 0 Å². The fourth-order valence-corrected chi connectivity index (χ4v) is 3.05. The van der Waals surface area contributed by atoms with Gasteiger partial charge in [-0.15, -0.1) is 0 Å². The number of carboxylic acid groups (broad SMARTS) is 1. The molecule has 1 aromatic rings. The topological polar surface area (TPSA) is 117 Å². The first-order valence-corrected chi connectivity index (χ1v) is 8.50. The number of nitrogens with one attached hydrogen (secondary N) is 2. The molecule has 3 amide bonds. The SMILES string of the molecule is O=C(CN1CCCC1C(=O)O)NC(=O)Nc1ccc2c(c1)OCCCO2. The maximum absolute atomic E-state index is 12.0. The molecule has 1 unspecified atom stereocenters. The number of rotatable bonds is 4. The molecule has 1 fully saturated rings. The summed E-state index contributed by atoms with van der Waals surface area (Å²) in [5.41, 5.74) is 0.462. The number of ether oxygens (including phenoxy) is 2. The van der Waals surface area contributed by atoms with Gasteiger partial charge in [-0.1, -0.05) is 0 Å². The molecule has 2 heterocycles. The molecule has 9 heteroatoms. The van der Waals surface area contributed by atoms with Crippen molar-refractivity contribution in [3.05, 3.63) is 18.2 Å². The molecule has 1 aromatic carbocycles. The molecule has 2 aliphatic rings. The van der Waals surface area contributed by atoms with E-state index in [4.69, 9.17) is 14.6 Å². The average Bonchev–Trinajstić information content (AvgIpc) is 2.91. The van der Waals surface area contributed by atoms with E-state index >= 15 is 0 Å². The monoisotopic (exact) mass is 363 g/mol. The number of benzene rings is 1. The molecule has 26 heavy (non-hydrogen) atoms. The number of aliphatic carboxylic acids is 1. The highest BCUT2D eigenvalue weighted by Crippen LogP contribution is 2.32. The lowest BCUT2D eigenvalue weighted by molar-refractivity contribution is -0.142. The number of carbonyl (C=O) groups excluding carboxylic acids is 2. The number of anilines is 1. The summed E-state index contributed by atoms with van der Waals surface area (Å²) in [6.07, 6.45) is 2.00. The Morgan fingerprint density at radius 2 is 1.92 bits per heavy atom. The summed E-state index contributed by atoms with van der Waals surface area (Å²) >= 11 is 0. The number of fused-ring (bicyclic) bond motifs is 1. The van der Waals surface area contributed by atoms with E-state index in [-0.39, 0.29) is 6.54 Å². The number of amides is 3. The van der Waals surface area contributed by atoms with Gasteiger partial charge in [0.1, 0.15) is 6.04 Å². The first-order valence-electron chi connectivity index (χ1n) is 8.50. The second-order valence-electron chi connectivity index (χ2n) is 6.18. The van der Waals surface area contributed by atoms with Gasteiger partial charge in [-0.05, 0) is 31.5 Å². The maximum atomic E-state index is 12.0. The minimum absolute atomic E-state index is 0.133. The first kappa shape index (κ1) is 18.0. The van der Waals surface area contributed by atoms with Crippen molar-refractivity contribution in [2.45, 2.75) is 25.3 Å². The predicted molar refractivity (Wildman–Crippen MR) is 91.4 cm³/mol. The lowest BCUT2D eigenvalue weighted by Gasteiger charge is -2.20. The second kappa shape index (κ2) is 8.05. The number of imide groups is 1. The maximum Gasteiger partial charge on any atom is 0.325 e. The highest BCUT2D eigenvalue weighted by Gasteiger charge is 2.31. The molecule has 3 rings (SSSR count). The van der Waals surface area contributed by atoms with Crippen molar-refractivity contribution in [3.63, 3.8) is 0 Å². The van der Waals surface area contributed by atoms with E-state index in [1.165, 1.54) is 0 Å². The van der Waals surface area contributed by atoms with Crippen LogP contribution in [-0.2, 0) is 9.59 Å². The third kappa shape index (κ3) is 4.42. The van der Waals surface area contributed by atoms with Gasteiger partial charge in [-0.25, -0.2) is 4.79 Å². The van der Waals surface area contributed by atoms with Gasteiger partial charge in [-0.3, -0.25) is 19.8 Å². The van der Waals surface area contributed by atoms with Crippen LogP contribution in [0.3, 0.4) is 0 Å². The van der Waals surface area contributed by atoms with Gasteiger partial charge in [0.2, 0.25) is 5.91 Å². The number of carboxylic acids is 1. The number of nitrogens with zero attached hydrogens (tertiary/aromatic N) is 1. The highest BCUT2D eigenvalue weighted by atomic mass is 16.5. The van der Waals surface area contributed by atoms with Crippen LogP contribution >= 0.6 is 0 Å². The Morgan fingerprint density at radius 1 is 1.15 bits per heavy atom. The van der Waals surface area contributed by atoms with E-state index in [1.807, 2.05) is 0 Å². The molecule has 0 aliphatic carbocycles. The number of carbonyl (C=O) groups is 3. The number of hydrogen-bond acceptors (Lipinski definition) is 6. The van der Waals surface area contributed by atoms with E-state index in [1.54, 1.807) is 23.1 Å². The minimum atomic E-state index is -0.952. The zero-order chi connectivity index (χ0) is 18.5. The van der Waals surface area contributed by atoms with Crippen LogP contribution in [0.4, 0.5) is 10.5 Å². The van der Waals surface area contributed by atoms with Crippen molar-refractivity contribution in [1.82, 2.24) is 10.2 Å². The summed E-state index contributed by atoms with van der Waals surface area (Å²) in [5, 5.41) is 13.9. The fraction of sp³-hybridized carbons (Fsp3) is 0.471. The summed E-state index contributed by atoms with van der Waals surface area (Å²) in [7, 11) is 0. The van der Waals surface area contributed by atoms with Crippen molar-refractivity contribution in [2.75, 3.05) is 31.6 Å². The molecular formula is C17H21N3O6. The largest absolute Gasteiger partial charge is 0.490 e. The van der Waals surface area contributed by atoms with Crippen molar-refractivity contribution in [1.29, 1.82) is 0 Å². The molecule has 3 N–H and O–H groups in total. The van der Waals surface area contributed by atoms with Crippen LogP contribution in [-0.4, -0.2) is 60.3 Å². The lowest BCUT2D eigenvalue weighted by Crippen LogP contribution is -2.45. The van der Waals surface area contributed by atoms with Crippen LogP contribution in [0.5, 0.6) is 11.5 Å². The van der Waals surface area contributed by atoms with Crippen LogP contribution in [0.25, 0.3) is 0 Å². The Hall–Kier alpha value is -2.81. The number of urea groups is 1. The molecule has 0 spiro atoms. The van der Waals surface area contributed by atoms with Crippen LogP contribution < -0.4 is 20.1 Å². The van der Waals surface area contributed by atoms with Crippen molar-refractivity contribution >= 4 is 23.6 Å². The first-order chi connectivity index (χ1) is 12.5. The molecule has 140 valence electrons. The molecule has 0 radical (unpaired) electrons. The Balaban J connectivity index is 1.53. The summed E-state index contributed by atoms with van der Waals surface area (Å²) in [4.78, 5) is 36.7. The third-order valence-corrected chi connectivity index (χ3v) is 4.25. The van der Waals surface area contributed by atoms with Gasteiger partial charge in [0, 0.05) is 18.2 Å². The van der Waals surface area contributed by atoms with E-state index in [0.29, 0.717) is 49.8 Å². The minimum Gasteiger partial charge on any atom is -0.490 e. The number of hydrogen-bond donors (Lipinski definition) is 3. The Morgan fingerprint density at radius 3 is 2.69 bits per heavy atom. The van der Waals surface area contributed by atoms with E-state index < -0.39 is 23.9 Å². The predicted octanol–water partition coefficient (Wildman–Crippen LogP) is 1.04. The normalized spacial score (nSPS) is 19.5. The summed E-state index contributed by atoms with van der Waals surface area (Å²) in [6.45, 7) is 1.49. The molecule has 0 bridgehead atoms. The molecule has 9 nitrogen and oxygen atoms in total. The lowest BCUT2D eigenvalue weighted by atomic mass is 10.2. The third-order valence-electron chi connectivity index (χ3n) is 4.25. The van der Waals surface area contributed by atoms with Gasteiger partial charge in [0.15, 0.2) is 11.5 Å². The quantitative estimate of drug-likeness (QED) is 0.732. The molecule has 1 saturated heterocycles. The van der Waals surface area contributed by atoms with E-state index in [9.17, 15) is 14.4 Å². The van der Waals surface area contributed by atoms with E-state index in [2.05, 4.69) is 10.6 Å². The van der Waals surface area contributed by atoms with Gasteiger partial charge in [0.25, 0.3) is 0 Å². The molecule has 0 aromatic heterocycles. The zero-order valence-electron chi connectivity index (χ0n) is 14.2. The summed E-state index contributed by atoms with van der Waals surface area (Å²) in [5.74, 6) is -0.358. The summed E-state index contributed by atoms with van der Waals surface area (Å²) in [6, 6.07) is 3.62. The van der Waals surface area contributed by atoms with Gasteiger partial charge >= 0.3 is 12.0 Å². The van der Waals surface area contributed by atoms with Gasteiger partial charge in [0.05, 0.1) is 19.8 Å². The summed E-state index contributed by atoms with van der Waals surface area (Å²) < 4.78 is 11.1. The Labute approximate surface area is 150 Å². The smallest absolute Gasteiger partial charge is 0.325 e. The fourth-order valence-electron chi connectivity index (χ4n) is 3.05. The van der Waals surface area contributed by atoms with Crippen molar-refractivity contribution in [2.24, 2.45) is 0 Å². The average molecular weight is 363 g/mol. The van der Waals surface area contributed by atoms with Gasteiger partial charge in [-0.2, -0.15) is 0 Å². The Bertz CT molecular complexity index is 708. The standard InChI is InChI=1S/C17H21N3O6/c21-15(10-20-6-1-3-12(20)16(22)23)19-17(24)18-11-4-5-13-14(9-11)26-8-2-7-25-13/h4-5,9,12H,1-3,6-8,10H2,(H,22,23)(H2,18,19,21,24). The molecule has 1 atom stereocenters. The van der Waals surface area contributed by atoms with Crippen molar-refractivity contribution < 1.29 is 29.0 Å². The second-order valence-corrected chi connectivity index (χ2v) is 6.18. The highest BCUT2D eigenvalue weighted by molar-refractivity contribution is 6.02. The Kier molecular flexibility index (Phi) is 5.57. The zero-order valence-corrected chi connectivity index (χ0v) is 14.2. The molecular weight excluding hydrogens is 342 g/mol. The molecule has 0 saturated carbocycles. The number of likely N-dealkylation sites (tertiary alicyclic amines) is 1.